The number of benzene rings is 1. The summed E-state index contributed by atoms with van der Waals surface area (Å²) in [5.41, 5.74) is 1.41. The molecule has 0 aliphatic carbocycles. The van der Waals surface area contributed by atoms with Gasteiger partial charge < -0.3 is 29.5 Å². The molecule has 2 N–H and O–H groups in total. The summed E-state index contributed by atoms with van der Waals surface area (Å²) in [6.45, 7) is 10.1. The minimum Gasteiger partial charge on any atom is -0.474 e. The zero-order valence-corrected chi connectivity index (χ0v) is 25.6. The molecule has 0 radical (unpaired) electrons. The maximum absolute atomic E-state index is 14.5. The standard InChI is InChI=1S/C31H41F2N5O6/c1-18-10-35(25(12-37(18)31(41)42)11-36-19(2)15-43-16-20(36)3)13-29(40)38-21(4)17-44-30-28(38)8-23(27(14-39)34-30)7-22-5-6-24(32)9-26(22)33/h5-6,8-9,18-21,25,39H,7,10-17H2,1-4H3,(H,41,42)/t18-,19-,20-,21+,25+/m1/s1. The molecule has 2 saturated heterocycles. The molecule has 0 bridgehead atoms. The van der Waals surface area contributed by atoms with Crippen LogP contribution in [0.4, 0.5) is 19.3 Å². The predicted octanol–water partition coefficient (Wildman–Crippen LogP) is 2.72. The van der Waals surface area contributed by atoms with Crippen molar-refractivity contribution in [2.75, 3.05) is 50.9 Å². The Kier molecular flexibility index (Phi) is 9.68. The van der Waals surface area contributed by atoms with Gasteiger partial charge in [-0.2, -0.15) is 0 Å². The van der Waals surface area contributed by atoms with Gasteiger partial charge in [-0.25, -0.2) is 18.6 Å². The Morgan fingerprint density at radius 3 is 2.36 bits per heavy atom. The van der Waals surface area contributed by atoms with E-state index in [4.69, 9.17) is 9.47 Å². The van der Waals surface area contributed by atoms with Crippen LogP contribution < -0.4 is 9.64 Å². The predicted molar refractivity (Wildman–Crippen MR) is 158 cm³/mol. The molecule has 0 saturated carbocycles. The maximum atomic E-state index is 14.5. The number of anilines is 1. The average Bonchev–Trinajstić information content (AvgIpc) is 2.96. The fourth-order valence-corrected chi connectivity index (χ4v) is 6.52. The number of nitrogens with zero attached hydrogens (tertiary/aromatic N) is 5. The molecule has 13 heteroatoms. The van der Waals surface area contributed by atoms with Gasteiger partial charge in [0.2, 0.25) is 11.8 Å². The van der Waals surface area contributed by atoms with Gasteiger partial charge in [-0.3, -0.25) is 14.6 Å². The van der Waals surface area contributed by atoms with Gasteiger partial charge in [0.1, 0.15) is 23.9 Å². The molecule has 5 rings (SSSR count). The molecule has 2 aromatic rings. The second-order valence-electron chi connectivity index (χ2n) is 12.2. The number of carbonyl (C=O) groups excluding carboxylic acids is 1. The van der Waals surface area contributed by atoms with Crippen LogP contribution in [0.2, 0.25) is 0 Å². The first kappa shape index (κ1) is 32.0. The molecule has 240 valence electrons. The number of piperazine rings is 1. The van der Waals surface area contributed by atoms with Crippen molar-refractivity contribution in [3.05, 3.63) is 52.7 Å². The maximum Gasteiger partial charge on any atom is 0.407 e. The Bertz CT molecular complexity index is 1370. The minimum atomic E-state index is -0.983. The monoisotopic (exact) mass is 617 g/mol. The second kappa shape index (κ2) is 13.3. The lowest BCUT2D eigenvalue weighted by Crippen LogP contribution is -2.65. The Morgan fingerprint density at radius 1 is 0.977 bits per heavy atom. The Hall–Kier alpha value is -3.39. The third-order valence-electron chi connectivity index (χ3n) is 8.92. The van der Waals surface area contributed by atoms with Gasteiger partial charge in [-0.05, 0) is 51.0 Å². The van der Waals surface area contributed by atoms with E-state index >= 15 is 0 Å². The number of aromatic nitrogens is 1. The van der Waals surface area contributed by atoms with Crippen LogP contribution in [0, 0.1) is 11.6 Å². The Balaban J connectivity index is 1.42. The number of pyridine rings is 1. The summed E-state index contributed by atoms with van der Waals surface area (Å²) in [4.78, 5) is 38.1. The second-order valence-corrected chi connectivity index (χ2v) is 12.2. The van der Waals surface area contributed by atoms with Gasteiger partial charge >= 0.3 is 6.09 Å². The molecule has 11 nitrogen and oxygen atoms in total. The van der Waals surface area contributed by atoms with Crippen molar-refractivity contribution >= 4 is 17.7 Å². The Labute approximate surface area is 255 Å². The number of rotatable bonds is 7. The largest absolute Gasteiger partial charge is 0.474 e. The molecule has 3 aliphatic rings. The Morgan fingerprint density at radius 2 is 1.70 bits per heavy atom. The number of carbonyl (C=O) groups is 2. The zero-order chi connectivity index (χ0) is 31.7. The average molecular weight is 618 g/mol. The van der Waals surface area contributed by atoms with Crippen molar-refractivity contribution in [3.63, 3.8) is 0 Å². The highest BCUT2D eigenvalue weighted by atomic mass is 19.1. The molecule has 44 heavy (non-hydrogen) atoms. The van der Waals surface area contributed by atoms with Gasteiger partial charge in [-0.15, -0.1) is 0 Å². The molecule has 0 spiro atoms. The molecule has 2 fully saturated rings. The van der Waals surface area contributed by atoms with Crippen molar-refractivity contribution in [3.8, 4) is 5.88 Å². The number of morpholine rings is 1. The SMILES string of the molecule is C[C@@H]1CN(CC(=O)N2c3cc(Cc4ccc(F)cc4F)c(CO)nc3OC[C@@H]2C)[C@@H](CN2[C@H](C)COC[C@H]2C)CN1C(=O)O. The number of amides is 2. The van der Waals surface area contributed by atoms with Crippen molar-refractivity contribution in [1.29, 1.82) is 0 Å². The van der Waals surface area contributed by atoms with Crippen molar-refractivity contribution in [2.24, 2.45) is 0 Å². The number of carboxylic acid groups (broad SMARTS) is 1. The highest BCUT2D eigenvalue weighted by molar-refractivity contribution is 5.97. The molecule has 0 unspecified atom stereocenters. The number of aliphatic hydroxyl groups excluding tert-OH is 1. The summed E-state index contributed by atoms with van der Waals surface area (Å²) in [7, 11) is 0. The number of fused-ring (bicyclic) bond motifs is 1. The van der Waals surface area contributed by atoms with E-state index in [1.807, 2.05) is 13.8 Å². The molecule has 2 amide bonds. The summed E-state index contributed by atoms with van der Waals surface area (Å²) in [6, 6.07) is 4.43. The fraction of sp³-hybridized carbons (Fsp3) is 0.581. The van der Waals surface area contributed by atoms with E-state index in [0.717, 1.165) is 6.07 Å². The van der Waals surface area contributed by atoms with Gasteiger partial charge in [0, 0.05) is 56.3 Å². The topological polar surface area (TPSA) is 119 Å². The van der Waals surface area contributed by atoms with E-state index in [0.29, 0.717) is 37.6 Å². The van der Waals surface area contributed by atoms with E-state index in [2.05, 4.69) is 28.6 Å². The minimum absolute atomic E-state index is 0.0331. The van der Waals surface area contributed by atoms with E-state index in [-0.39, 0.29) is 79.4 Å². The molecular weight excluding hydrogens is 576 g/mol. The van der Waals surface area contributed by atoms with Crippen LogP contribution in [0.25, 0.3) is 0 Å². The number of halogens is 2. The molecule has 1 aromatic heterocycles. The summed E-state index contributed by atoms with van der Waals surface area (Å²) < 4.78 is 39.6. The first-order valence-electron chi connectivity index (χ1n) is 15.1. The van der Waals surface area contributed by atoms with Crippen molar-refractivity contribution < 1.29 is 38.1 Å². The lowest BCUT2D eigenvalue weighted by atomic mass is 10.0. The van der Waals surface area contributed by atoms with Crippen LogP contribution in [0.3, 0.4) is 0 Å². The summed E-state index contributed by atoms with van der Waals surface area (Å²) >= 11 is 0. The van der Waals surface area contributed by atoms with Gasteiger partial charge in [0.25, 0.3) is 0 Å². The molecule has 4 heterocycles. The normalized spacial score (nSPS) is 26.3. The summed E-state index contributed by atoms with van der Waals surface area (Å²) in [6.07, 6.45) is -0.950. The number of aliphatic hydroxyl groups is 1. The van der Waals surface area contributed by atoms with Gasteiger partial charge in [-0.1, -0.05) is 6.07 Å². The lowest BCUT2D eigenvalue weighted by Gasteiger charge is -2.48. The zero-order valence-electron chi connectivity index (χ0n) is 25.6. The highest BCUT2D eigenvalue weighted by Gasteiger charge is 2.40. The van der Waals surface area contributed by atoms with Crippen molar-refractivity contribution in [1.82, 2.24) is 19.7 Å². The van der Waals surface area contributed by atoms with Crippen molar-refractivity contribution in [2.45, 2.75) is 70.9 Å². The van der Waals surface area contributed by atoms with Crippen LogP contribution in [-0.2, 0) is 22.6 Å². The summed E-state index contributed by atoms with van der Waals surface area (Å²) in [5.74, 6) is -1.41. The first-order chi connectivity index (χ1) is 21.0. The third-order valence-corrected chi connectivity index (χ3v) is 8.92. The molecule has 3 aliphatic heterocycles. The van der Waals surface area contributed by atoms with Crippen LogP contribution in [0.15, 0.2) is 24.3 Å². The summed E-state index contributed by atoms with van der Waals surface area (Å²) in [5, 5.41) is 19.9. The van der Waals surface area contributed by atoms with Crippen LogP contribution in [-0.4, -0.2) is 118 Å². The molecule has 5 atom stereocenters. The number of hydrogen-bond donors (Lipinski definition) is 2. The third kappa shape index (κ3) is 6.65. The number of hydrogen-bond acceptors (Lipinski definition) is 8. The van der Waals surface area contributed by atoms with Crippen LogP contribution in [0.1, 0.15) is 44.5 Å². The molecular formula is C31H41F2N5O6. The van der Waals surface area contributed by atoms with E-state index < -0.39 is 24.3 Å². The van der Waals surface area contributed by atoms with Gasteiger partial charge in [0.05, 0.1) is 38.1 Å². The van der Waals surface area contributed by atoms with Gasteiger partial charge in [0.15, 0.2) is 0 Å². The quantitative estimate of drug-likeness (QED) is 0.484. The smallest absolute Gasteiger partial charge is 0.407 e. The van der Waals surface area contributed by atoms with E-state index in [1.165, 1.54) is 17.0 Å². The highest BCUT2D eigenvalue weighted by Crippen LogP contribution is 2.36. The fourth-order valence-electron chi connectivity index (χ4n) is 6.52. The lowest BCUT2D eigenvalue weighted by molar-refractivity contribution is -0.122. The molecule has 1 aromatic carbocycles. The number of ether oxygens (including phenoxy) is 2. The van der Waals surface area contributed by atoms with Crippen LogP contribution >= 0.6 is 0 Å². The van der Waals surface area contributed by atoms with Crippen LogP contribution in [0.5, 0.6) is 5.88 Å². The first-order valence-corrected chi connectivity index (χ1v) is 15.1. The van der Waals surface area contributed by atoms with E-state index in [9.17, 15) is 28.6 Å². The van der Waals surface area contributed by atoms with E-state index in [1.54, 1.807) is 11.0 Å².